The molecule has 2 rings (SSSR count). The summed E-state index contributed by atoms with van der Waals surface area (Å²) < 4.78 is 18.0. The molecule has 1 amide bonds. The highest BCUT2D eigenvalue weighted by atomic mass is 32.2. The fourth-order valence-electron chi connectivity index (χ4n) is 2.41. The topological polar surface area (TPSA) is 103 Å². The predicted octanol–water partition coefficient (Wildman–Crippen LogP) is 2.50. The Morgan fingerprint density at radius 1 is 1.42 bits per heavy atom. The number of rotatable bonds is 3. The molecular weight excluding hydrogens is 334 g/mol. The summed E-state index contributed by atoms with van der Waals surface area (Å²) in [6.07, 6.45) is 1.98. The standard InChI is InChI=1S/C15H21N3O5S/c1-15(2,3)23-14(19)17-9-6-11(7-10-17)24(22)13-12(18(20)21)5-4-8-16-13/h4-5,8,11H,6-7,9-10H2,1-3H3/t24-/m1/s1. The van der Waals surface area contributed by atoms with E-state index in [0.717, 1.165) is 0 Å². The van der Waals surface area contributed by atoms with E-state index in [2.05, 4.69) is 4.98 Å². The second kappa shape index (κ2) is 7.25. The molecule has 0 N–H and O–H groups in total. The van der Waals surface area contributed by atoms with Gasteiger partial charge in [0.2, 0.25) is 5.03 Å². The summed E-state index contributed by atoms with van der Waals surface area (Å²) in [5.74, 6) is 0. The summed E-state index contributed by atoms with van der Waals surface area (Å²) >= 11 is 0. The molecule has 0 unspecified atom stereocenters. The molecule has 2 heterocycles. The quantitative estimate of drug-likeness (QED) is 0.609. The van der Waals surface area contributed by atoms with E-state index in [0.29, 0.717) is 25.9 Å². The van der Waals surface area contributed by atoms with Crippen LogP contribution < -0.4 is 0 Å². The van der Waals surface area contributed by atoms with Crippen LogP contribution in [-0.2, 0) is 15.5 Å². The van der Waals surface area contributed by atoms with Crippen LogP contribution in [0.25, 0.3) is 0 Å². The fourth-order valence-corrected chi connectivity index (χ4v) is 3.88. The number of nitrogens with zero attached hydrogens (tertiary/aromatic N) is 3. The Labute approximate surface area is 142 Å². The fraction of sp³-hybridized carbons (Fsp3) is 0.600. The van der Waals surface area contributed by atoms with Crippen LogP contribution in [0.5, 0.6) is 0 Å². The lowest BCUT2D eigenvalue weighted by molar-refractivity contribution is -0.388. The van der Waals surface area contributed by atoms with Crippen LogP contribution in [0.15, 0.2) is 23.4 Å². The maximum absolute atomic E-state index is 12.6. The van der Waals surface area contributed by atoms with Gasteiger partial charge in [-0.05, 0) is 39.7 Å². The molecule has 1 saturated heterocycles. The van der Waals surface area contributed by atoms with Crippen molar-refractivity contribution in [1.82, 2.24) is 9.88 Å². The molecule has 1 aliphatic heterocycles. The highest BCUT2D eigenvalue weighted by molar-refractivity contribution is 7.85. The minimum absolute atomic E-state index is 0.00165. The number of nitro groups is 1. The van der Waals surface area contributed by atoms with Crippen molar-refractivity contribution in [3.05, 3.63) is 28.4 Å². The molecule has 0 radical (unpaired) electrons. The highest BCUT2D eigenvalue weighted by Gasteiger charge is 2.32. The third-order valence-corrected chi connectivity index (χ3v) is 5.31. The van der Waals surface area contributed by atoms with E-state index in [1.807, 2.05) is 0 Å². The summed E-state index contributed by atoms with van der Waals surface area (Å²) in [6, 6.07) is 2.75. The van der Waals surface area contributed by atoms with Crippen molar-refractivity contribution in [2.45, 2.75) is 49.5 Å². The molecular formula is C15H21N3O5S. The van der Waals surface area contributed by atoms with Gasteiger partial charge in [0, 0.05) is 30.6 Å². The van der Waals surface area contributed by atoms with Gasteiger partial charge in [-0.2, -0.15) is 0 Å². The van der Waals surface area contributed by atoms with Crippen LogP contribution in [-0.4, -0.2) is 49.0 Å². The lowest BCUT2D eigenvalue weighted by atomic mass is 10.1. The van der Waals surface area contributed by atoms with Gasteiger partial charge in [-0.25, -0.2) is 9.78 Å². The maximum Gasteiger partial charge on any atom is 0.410 e. The van der Waals surface area contributed by atoms with E-state index >= 15 is 0 Å². The molecule has 1 atom stereocenters. The molecule has 9 heteroatoms. The lowest BCUT2D eigenvalue weighted by Gasteiger charge is -2.32. The molecule has 1 aromatic heterocycles. The SMILES string of the molecule is CC(C)(C)OC(=O)N1CCC([S@@](=O)c2ncccc2[N+](=O)[O-])CC1. The van der Waals surface area contributed by atoms with Crippen LogP contribution in [0.1, 0.15) is 33.6 Å². The Morgan fingerprint density at radius 2 is 2.04 bits per heavy atom. The third kappa shape index (κ3) is 4.50. The van der Waals surface area contributed by atoms with Crippen molar-refractivity contribution in [3.63, 3.8) is 0 Å². The zero-order valence-electron chi connectivity index (χ0n) is 13.9. The molecule has 1 aliphatic rings. The molecule has 132 valence electrons. The van der Waals surface area contributed by atoms with E-state index in [1.165, 1.54) is 18.3 Å². The normalized spacial score (nSPS) is 17.4. The van der Waals surface area contributed by atoms with Crippen molar-refractivity contribution in [1.29, 1.82) is 0 Å². The first-order chi connectivity index (χ1) is 11.2. The maximum atomic E-state index is 12.6. The van der Waals surface area contributed by atoms with Crippen molar-refractivity contribution < 1.29 is 18.7 Å². The molecule has 0 aromatic carbocycles. The van der Waals surface area contributed by atoms with Crippen LogP contribution in [0.2, 0.25) is 0 Å². The van der Waals surface area contributed by atoms with E-state index in [-0.39, 0.29) is 16.0 Å². The Balaban J connectivity index is 2.01. The molecule has 1 aromatic rings. The van der Waals surface area contributed by atoms with Gasteiger partial charge in [-0.3, -0.25) is 14.3 Å². The monoisotopic (exact) mass is 355 g/mol. The molecule has 8 nitrogen and oxygen atoms in total. The largest absolute Gasteiger partial charge is 0.444 e. The number of carbonyl (C=O) groups excluding carboxylic acids is 1. The number of aromatic nitrogens is 1. The minimum atomic E-state index is -1.58. The van der Waals surface area contributed by atoms with Gasteiger partial charge in [0.15, 0.2) is 0 Å². The van der Waals surface area contributed by atoms with Gasteiger partial charge >= 0.3 is 11.8 Å². The third-order valence-electron chi connectivity index (χ3n) is 3.53. The number of likely N-dealkylation sites (tertiary alicyclic amines) is 1. The van der Waals surface area contributed by atoms with Crippen molar-refractivity contribution in [3.8, 4) is 0 Å². The second-order valence-electron chi connectivity index (χ2n) is 6.55. The van der Waals surface area contributed by atoms with Gasteiger partial charge in [-0.1, -0.05) is 0 Å². The molecule has 1 fully saturated rings. The number of hydrogen-bond donors (Lipinski definition) is 0. The molecule has 0 spiro atoms. The van der Waals surface area contributed by atoms with Gasteiger partial charge < -0.3 is 9.64 Å². The summed E-state index contributed by atoms with van der Waals surface area (Å²) in [5.41, 5.74) is -0.795. The minimum Gasteiger partial charge on any atom is -0.444 e. The number of pyridine rings is 1. The summed E-state index contributed by atoms with van der Waals surface area (Å²) in [7, 11) is -1.58. The Morgan fingerprint density at radius 3 is 2.58 bits per heavy atom. The molecule has 0 aliphatic carbocycles. The summed E-state index contributed by atoms with van der Waals surface area (Å²) in [4.78, 5) is 28.0. The number of amides is 1. The predicted molar refractivity (Wildman–Crippen MR) is 88.1 cm³/mol. The number of hydrogen-bond acceptors (Lipinski definition) is 6. The molecule has 0 bridgehead atoms. The van der Waals surface area contributed by atoms with Gasteiger partial charge in [0.1, 0.15) is 5.60 Å². The van der Waals surface area contributed by atoms with E-state index in [9.17, 15) is 19.1 Å². The first-order valence-corrected chi connectivity index (χ1v) is 8.88. The van der Waals surface area contributed by atoms with Gasteiger partial charge in [-0.15, -0.1) is 0 Å². The second-order valence-corrected chi connectivity index (χ2v) is 8.20. The first kappa shape index (κ1) is 18.3. The van der Waals surface area contributed by atoms with E-state index in [1.54, 1.807) is 25.7 Å². The average molecular weight is 355 g/mol. The van der Waals surface area contributed by atoms with Crippen molar-refractivity contribution in [2.75, 3.05) is 13.1 Å². The highest BCUT2D eigenvalue weighted by Crippen LogP contribution is 2.26. The summed E-state index contributed by atoms with van der Waals surface area (Å²) in [5, 5.41) is 10.8. The zero-order chi connectivity index (χ0) is 17.9. The average Bonchev–Trinajstić information content (AvgIpc) is 2.52. The van der Waals surface area contributed by atoms with E-state index in [4.69, 9.17) is 4.74 Å². The Bertz CT molecular complexity index is 651. The smallest absolute Gasteiger partial charge is 0.410 e. The van der Waals surface area contributed by atoms with Crippen LogP contribution in [0, 0.1) is 10.1 Å². The summed E-state index contributed by atoms with van der Waals surface area (Å²) in [6.45, 7) is 6.21. The van der Waals surface area contributed by atoms with Gasteiger partial charge in [0.25, 0.3) is 0 Å². The van der Waals surface area contributed by atoms with Crippen molar-refractivity contribution in [2.24, 2.45) is 0 Å². The number of carbonyl (C=O) groups is 1. The van der Waals surface area contributed by atoms with Crippen molar-refractivity contribution >= 4 is 22.6 Å². The Hall–Kier alpha value is -2.03. The molecule has 0 saturated carbocycles. The lowest BCUT2D eigenvalue weighted by Crippen LogP contribution is -2.43. The van der Waals surface area contributed by atoms with E-state index < -0.39 is 27.4 Å². The Kier molecular flexibility index (Phi) is 5.53. The van der Waals surface area contributed by atoms with Crippen LogP contribution in [0.4, 0.5) is 10.5 Å². The molecule has 24 heavy (non-hydrogen) atoms. The van der Waals surface area contributed by atoms with Gasteiger partial charge in [0.05, 0.1) is 15.7 Å². The zero-order valence-corrected chi connectivity index (χ0v) is 14.7. The van der Waals surface area contributed by atoms with Crippen LogP contribution >= 0.6 is 0 Å². The number of piperidine rings is 1. The number of ether oxygens (including phenoxy) is 1. The first-order valence-electron chi connectivity index (χ1n) is 7.67. The van der Waals surface area contributed by atoms with Crippen LogP contribution in [0.3, 0.4) is 0 Å².